The first-order valence-corrected chi connectivity index (χ1v) is 4.38. The number of fused-ring (bicyclic) bond motifs is 1. The van der Waals surface area contributed by atoms with Gasteiger partial charge in [0.1, 0.15) is 23.9 Å². The van der Waals surface area contributed by atoms with Crippen LogP contribution in [0.1, 0.15) is 22.8 Å². The molecule has 3 nitrogen and oxygen atoms in total. The number of aldehydes is 1. The number of phenolic OH excluding ortho intramolecular Hbond substituents is 1. The molecule has 0 radical (unpaired) electrons. The van der Waals surface area contributed by atoms with Gasteiger partial charge in [0.15, 0.2) is 0 Å². The Balaban J connectivity index is 2.56. The molecule has 1 aromatic carbocycles. The Morgan fingerprint density at radius 2 is 2.29 bits per heavy atom. The van der Waals surface area contributed by atoms with Gasteiger partial charge in [0, 0.05) is 5.56 Å². The summed E-state index contributed by atoms with van der Waals surface area (Å²) >= 11 is 0. The average Bonchev–Trinajstić information content (AvgIpc) is 2.16. The van der Waals surface area contributed by atoms with Crippen molar-refractivity contribution >= 4 is 12.4 Å². The van der Waals surface area contributed by atoms with E-state index in [1.807, 2.05) is 13.0 Å². The van der Waals surface area contributed by atoms with E-state index in [0.717, 1.165) is 0 Å². The summed E-state index contributed by atoms with van der Waals surface area (Å²) in [6, 6.07) is 3.05. The van der Waals surface area contributed by atoms with Gasteiger partial charge < -0.3 is 9.84 Å². The largest absolute Gasteiger partial charge is 0.507 e. The zero-order valence-corrected chi connectivity index (χ0v) is 7.73. The monoisotopic (exact) mass is 190 g/mol. The highest BCUT2D eigenvalue weighted by atomic mass is 16.5. The van der Waals surface area contributed by atoms with Crippen LogP contribution in [0.15, 0.2) is 18.2 Å². The van der Waals surface area contributed by atoms with E-state index < -0.39 is 0 Å². The van der Waals surface area contributed by atoms with Crippen molar-refractivity contribution in [3.05, 3.63) is 29.3 Å². The lowest BCUT2D eigenvalue weighted by molar-refractivity contribution is 0.112. The second-order valence-electron chi connectivity index (χ2n) is 3.25. The van der Waals surface area contributed by atoms with E-state index in [0.29, 0.717) is 23.2 Å². The fraction of sp³-hybridized carbons (Fsp3) is 0.182. The van der Waals surface area contributed by atoms with E-state index in [9.17, 15) is 9.90 Å². The van der Waals surface area contributed by atoms with Crippen molar-refractivity contribution < 1.29 is 14.6 Å². The second kappa shape index (κ2) is 3.18. The lowest BCUT2D eigenvalue weighted by Gasteiger charge is -2.19. The molecule has 1 heterocycles. The number of aromatic hydroxyl groups is 1. The van der Waals surface area contributed by atoms with Crippen LogP contribution in [-0.2, 0) is 0 Å². The van der Waals surface area contributed by atoms with Gasteiger partial charge in [-0.25, -0.2) is 0 Å². The fourth-order valence-corrected chi connectivity index (χ4v) is 1.44. The Bertz CT molecular complexity index is 407. The van der Waals surface area contributed by atoms with Crippen LogP contribution >= 0.6 is 0 Å². The van der Waals surface area contributed by atoms with E-state index in [4.69, 9.17) is 4.74 Å². The Hall–Kier alpha value is -1.77. The van der Waals surface area contributed by atoms with Crippen molar-refractivity contribution in [3.63, 3.8) is 0 Å². The molecule has 1 aliphatic rings. The summed E-state index contributed by atoms with van der Waals surface area (Å²) in [5, 5.41) is 9.56. The van der Waals surface area contributed by atoms with Gasteiger partial charge in [-0.1, -0.05) is 0 Å². The van der Waals surface area contributed by atoms with Gasteiger partial charge in [-0.3, -0.25) is 4.79 Å². The van der Waals surface area contributed by atoms with Crippen LogP contribution in [0.5, 0.6) is 11.5 Å². The number of hydrogen-bond donors (Lipinski definition) is 1. The first-order chi connectivity index (χ1) is 6.70. The fourth-order valence-electron chi connectivity index (χ4n) is 1.44. The maximum Gasteiger partial charge on any atom is 0.150 e. The van der Waals surface area contributed by atoms with Gasteiger partial charge >= 0.3 is 0 Å². The molecule has 72 valence electrons. The lowest BCUT2D eigenvalue weighted by atomic mass is 10.1. The Kier molecular flexibility index (Phi) is 2.00. The summed E-state index contributed by atoms with van der Waals surface area (Å²) in [4.78, 5) is 10.5. The number of benzene rings is 1. The standard InChI is InChI=1S/C11H10O3/c1-7-2-3-9-10(13)4-8(6-12)5-11(9)14-7/h2-7,13H,1H3. The van der Waals surface area contributed by atoms with E-state index in [2.05, 4.69) is 0 Å². The van der Waals surface area contributed by atoms with E-state index in [1.165, 1.54) is 6.07 Å². The molecule has 2 rings (SSSR count). The van der Waals surface area contributed by atoms with E-state index >= 15 is 0 Å². The van der Waals surface area contributed by atoms with Crippen LogP contribution in [0, 0.1) is 0 Å². The predicted octanol–water partition coefficient (Wildman–Crippen LogP) is 2.00. The molecule has 0 amide bonds. The minimum absolute atomic E-state index is 0.0243. The maximum absolute atomic E-state index is 10.5. The van der Waals surface area contributed by atoms with E-state index in [-0.39, 0.29) is 11.9 Å². The zero-order valence-electron chi connectivity index (χ0n) is 7.73. The highest BCUT2D eigenvalue weighted by Crippen LogP contribution is 2.33. The van der Waals surface area contributed by atoms with Crippen molar-refractivity contribution in [1.82, 2.24) is 0 Å². The van der Waals surface area contributed by atoms with Crippen LogP contribution < -0.4 is 4.74 Å². The molecule has 1 atom stereocenters. The number of phenols is 1. The highest BCUT2D eigenvalue weighted by Gasteiger charge is 2.15. The third kappa shape index (κ3) is 1.37. The summed E-state index contributed by atoms with van der Waals surface area (Å²) in [6.45, 7) is 1.89. The Morgan fingerprint density at radius 3 is 3.00 bits per heavy atom. The van der Waals surface area contributed by atoms with Crippen molar-refractivity contribution in [3.8, 4) is 11.5 Å². The normalized spacial score (nSPS) is 18.5. The molecule has 0 saturated carbocycles. The molecule has 3 heteroatoms. The summed E-state index contributed by atoms with van der Waals surface area (Å²) in [7, 11) is 0. The van der Waals surface area contributed by atoms with Gasteiger partial charge in [-0.05, 0) is 31.2 Å². The number of carbonyl (C=O) groups is 1. The lowest BCUT2D eigenvalue weighted by Crippen LogP contribution is -2.12. The molecule has 1 aliphatic heterocycles. The number of carbonyl (C=O) groups excluding carboxylic acids is 1. The van der Waals surface area contributed by atoms with Crippen molar-refractivity contribution in [2.45, 2.75) is 13.0 Å². The number of ether oxygens (including phenoxy) is 1. The van der Waals surface area contributed by atoms with Gasteiger partial charge in [0.2, 0.25) is 0 Å². The third-order valence-corrected chi connectivity index (χ3v) is 2.13. The minimum Gasteiger partial charge on any atom is -0.507 e. The molecule has 1 N–H and O–H groups in total. The SMILES string of the molecule is CC1C=Cc2c(O)cc(C=O)cc2O1. The predicted molar refractivity (Wildman–Crippen MR) is 52.6 cm³/mol. The van der Waals surface area contributed by atoms with Crippen LogP contribution in [0.3, 0.4) is 0 Å². The highest BCUT2D eigenvalue weighted by molar-refractivity contribution is 5.80. The second-order valence-corrected chi connectivity index (χ2v) is 3.25. The molecule has 0 saturated heterocycles. The van der Waals surface area contributed by atoms with Gasteiger partial charge in [0.05, 0.1) is 5.56 Å². The summed E-state index contributed by atoms with van der Waals surface area (Å²) in [5.74, 6) is 0.634. The first kappa shape index (κ1) is 8.81. The summed E-state index contributed by atoms with van der Waals surface area (Å²) in [5.41, 5.74) is 1.05. The van der Waals surface area contributed by atoms with Crippen molar-refractivity contribution in [2.24, 2.45) is 0 Å². The molecule has 0 aromatic heterocycles. The molecule has 1 unspecified atom stereocenters. The van der Waals surface area contributed by atoms with Crippen molar-refractivity contribution in [2.75, 3.05) is 0 Å². The van der Waals surface area contributed by atoms with Crippen LogP contribution in [0.25, 0.3) is 6.08 Å². The zero-order chi connectivity index (χ0) is 10.1. The Labute approximate surface area is 81.6 Å². The number of rotatable bonds is 1. The van der Waals surface area contributed by atoms with Crippen LogP contribution in [0.4, 0.5) is 0 Å². The molecule has 0 bridgehead atoms. The van der Waals surface area contributed by atoms with E-state index in [1.54, 1.807) is 12.1 Å². The number of hydrogen-bond acceptors (Lipinski definition) is 3. The quantitative estimate of drug-likeness (QED) is 0.689. The van der Waals surface area contributed by atoms with Gasteiger partial charge in [-0.15, -0.1) is 0 Å². The molecule has 1 aromatic rings. The first-order valence-electron chi connectivity index (χ1n) is 4.38. The van der Waals surface area contributed by atoms with Crippen LogP contribution in [0.2, 0.25) is 0 Å². The van der Waals surface area contributed by atoms with Gasteiger partial charge in [-0.2, -0.15) is 0 Å². The molecule has 0 aliphatic carbocycles. The van der Waals surface area contributed by atoms with Crippen molar-refractivity contribution in [1.29, 1.82) is 0 Å². The minimum atomic E-state index is -0.0243. The smallest absolute Gasteiger partial charge is 0.150 e. The van der Waals surface area contributed by atoms with Crippen LogP contribution in [-0.4, -0.2) is 17.5 Å². The molecular formula is C11H10O3. The average molecular weight is 190 g/mol. The molecular weight excluding hydrogens is 180 g/mol. The van der Waals surface area contributed by atoms with Gasteiger partial charge in [0.25, 0.3) is 0 Å². The summed E-state index contributed by atoms with van der Waals surface area (Å²) in [6.07, 6.45) is 4.31. The summed E-state index contributed by atoms with van der Waals surface area (Å²) < 4.78 is 5.45. The third-order valence-electron chi connectivity index (χ3n) is 2.13. The maximum atomic E-state index is 10.5. The molecule has 0 spiro atoms. The Morgan fingerprint density at radius 1 is 1.50 bits per heavy atom. The topological polar surface area (TPSA) is 46.5 Å². The molecule has 14 heavy (non-hydrogen) atoms. The molecule has 0 fully saturated rings.